The van der Waals surface area contributed by atoms with Gasteiger partial charge in [-0.25, -0.2) is 0 Å². The van der Waals surface area contributed by atoms with Gasteiger partial charge in [0, 0.05) is 62.7 Å². The van der Waals surface area contributed by atoms with E-state index < -0.39 is 0 Å². The largest absolute Gasteiger partial charge is 0.342 e. The normalized spacial score (nSPS) is 22.3. The van der Waals surface area contributed by atoms with E-state index in [1.54, 1.807) is 54.1 Å². The average molecular weight is 551 g/mol. The molecule has 36 heavy (non-hydrogen) atoms. The highest BCUT2D eigenvalue weighted by Crippen LogP contribution is 2.35. The zero-order chi connectivity index (χ0) is 26.0. The van der Waals surface area contributed by atoms with Crippen molar-refractivity contribution in [3.05, 3.63) is 68.7 Å². The van der Waals surface area contributed by atoms with Gasteiger partial charge in [-0.2, -0.15) is 0 Å². The topological polar surface area (TPSA) is 60.9 Å². The number of rotatable bonds is 4. The molecule has 3 amide bonds. The number of benzene rings is 2. The van der Waals surface area contributed by atoms with Gasteiger partial charge in [-0.3, -0.25) is 14.4 Å². The van der Waals surface area contributed by atoms with E-state index in [4.69, 9.17) is 34.8 Å². The van der Waals surface area contributed by atoms with Crippen LogP contribution in [-0.2, 0) is 9.59 Å². The fraction of sp³-hybridized carbons (Fsp3) is 0.444. The molecular formula is C27H30Cl3N3O3. The second kappa shape index (κ2) is 11.4. The molecular weight excluding hydrogens is 521 g/mol. The Morgan fingerprint density at radius 1 is 0.889 bits per heavy atom. The highest BCUT2D eigenvalue weighted by Gasteiger charge is 2.39. The number of hydrogen-bond acceptors (Lipinski definition) is 3. The molecule has 2 heterocycles. The predicted octanol–water partition coefficient (Wildman–Crippen LogP) is 5.36. The van der Waals surface area contributed by atoms with E-state index in [1.807, 2.05) is 17.0 Å². The summed E-state index contributed by atoms with van der Waals surface area (Å²) in [5.74, 6) is -0.391. The third-order valence-electron chi connectivity index (χ3n) is 7.38. The zero-order valence-corrected chi connectivity index (χ0v) is 22.7. The number of likely N-dealkylation sites (N-methyl/N-ethyl adjacent to an activating group) is 1. The molecule has 2 aliphatic heterocycles. The molecule has 9 heteroatoms. The van der Waals surface area contributed by atoms with Crippen LogP contribution in [0.2, 0.25) is 15.1 Å². The van der Waals surface area contributed by atoms with Crippen LogP contribution in [-0.4, -0.2) is 71.7 Å². The highest BCUT2D eigenvalue weighted by molar-refractivity contribution is 6.42. The van der Waals surface area contributed by atoms with Gasteiger partial charge in [-0.05, 0) is 61.2 Å². The molecule has 0 bridgehead atoms. The van der Waals surface area contributed by atoms with Crippen molar-refractivity contribution in [1.82, 2.24) is 14.7 Å². The molecule has 0 N–H and O–H groups in total. The lowest BCUT2D eigenvalue weighted by Crippen LogP contribution is -2.54. The SMILES string of the molecule is CC(=O)N1CCCC(C(=O)N2CC[C@@H](N(C)C(=O)c3ccc(Cl)cc3)[C@H](c3ccc(Cl)c(Cl)c3)C2)C1. The smallest absolute Gasteiger partial charge is 0.253 e. The van der Waals surface area contributed by atoms with Crippen molar-refractivity contribution >= 4 is 52.5 Å². The molecule has 4 rings (SSSR count). The number of carbonyl (C=O) groups excluding carboxylic acids is 3. The van der Waals surface area contributed by atoms with Crippen LogP contribution in [0.3, 0.4) is 0 Å². The van der Waals surface area contributed by atoms with Crippen LogP contribution in [0.4, 0.5) is 0 Å². The number of halogens is 3. The summed E-state index contributed by atoms with van der Waals surface area (Å²) < 4.78 is 0. The van der Waals surface area contributed by atoms with E-state index in [1.165, 1.54) is 0 Å². The Kier molecular flexibility index (Phi) is 8.48. The van der Waals surface area contributed by atoms with Gasteiger partial charge >= 0.3 is 0 Å². The van der Waals surface area contributed by atoms with E-state index in [9.17, 15) is 14.4 Å². The number of amides is 3. The number of piperidine rings is 2. The van der Waals surface area contributed by atoms with Crippen molar-refractivity contribution in [3.63, 3.8) is 0 Å². The minimum absolute atomic E-state index is 0.00206. The first-order valence-corrected chi connectivity index (χ1v) is 13.3. The van der Waals surface area contributed by atoms with Gasteiger partial charge in [-0.1, -0.05) is 40.9 Å². The number of likely N-dealkylation sites (tertiary alicyclic amines) is 2. The van der Waals surface area contributed by atoms with Crippen LogP contribution >= 0.6 is 34.8 Å². The van der Waals surface area contributed by atoms with Gasteiger partial charge < -0.3 is 14.7 Å². The molecule has 1 unspecified atom stereocenters. The first-order valence-electron chi connectivity index (χ1n) is 12.2. The van der Waals surface area contributed by atoms with Gasteiger partial charge in [0.15, 0.2) is 0 Å². The quantitative estimate of drug-likeness (QED) is 0.515. The second-order valence-corrected chi connectivity index (χ2v) is 10.9. The van der Waals surface area contributed by atoms with E-state index in [2.05, 4.69) is 0 Å². The summed E-state index contributed by atoms with van der Waals surface area (Å²) in [4.78, 5) is 44.2. The molecule has 0 aliphatic carbocycles. The second-order valence-electron chi connectivity index (χ2n) is 9.65. The highest BCUT2D eigenvalue weighted by atomic mass is 35.5. The molecule has 6 nitrogen and oxygen atoms in total. The summed E-state index contributed by atoms with van der Waals surface area (Å²) >= 11 is 18.5. The summed E-state index contributed by atoms with van der Waals surface area (Å²) in [5, 5.41) is 1.46. The van der Waals surface area contributed by atoms with Crippen molar-refractivity contribution in [2.75, 3.05) is 33.2 Å². The lowest BCUT2D eigenvalue weighted by Gasteiger charge is -2.44. The van der Waals surface area contributed by atoms with Crippen LogP contribution in [0.15, 0.2) is 42.5 Å². The molecule has 192 valence electrons. The van der Waals surface area contributed by atoms with Crippen molar-refractivity contribution < 1.29 is 14.4 Å². The lowest BCUT2D eigenvalue weighted by molar-refractivity contribution is -0.141. The van der Waals surface area contributed by atoms with Crippen molar-refractivity contribution in [3.8, 4) is 0 Å². The summed E-state index contributed by atoms with van der Waals surface area (Å²) in [5.41, 5.74) is 1.48. The minimum Gasteiger partial charge on any atom is -0.342 e. The zero-order valence-electron chi connectivity index (χ0n) is 20.4. The Balaban J connectivity index is 1.58. The van der Waals surface area contributed by atoms with Crippen molar-refractivity contribution in [1.29, 1.82) is 0 Å². The first kappa shape index (κ1) is 26.8. The lowest BCUT2D eigenvalue weighted by atomic mass is 9.84. The Bertz CT molecular complexity index is 1140. The van der Waals surface area contributed by atoms with Gasteiger partial charge in [-0.15, -0.1) is 0 Å². The Morgan fingerprint density at radius 2 is 1.61 bits per heavy atom. The third-order valence-corrected chi connectivity index (χ3v) is 8.38. The predicted molar refractivity (Wildman–Crippen MR) is 143 cm³/mol. The minimum atomic E-state index is -0.206. The van der Waals surface area contributed by atoms with Gasteiger partial charge in [0.1, 0.15) is 0 Å². The van der Waals surface area contributed by atoms with Crippen molar-refractivity contribution in [2.45, 2.75) is 38.1 Å². The average Bonchev–Trinajstić information content (AvgIpc) is 2.89. The van der Waals surface area contributed by atoms with E-state index >= 15 is 0 Å². The van der Waals surface area contributed by atoms with Crippen LogP contribution < -0.4 is 0 Å². The third kappa shape index (κ3) is 5.82. The van der Waals surface area contributed by atoms with Crippen LogP contribution in [0.5, 0.6) is 0 Å². The Labute approximate surface area is 227 Å². The summed E-state index contributed by atoms with van der Waals surface area (Å²) in [6.45, 7) is 3.70. The molecule has 0 radical (unpaired) electrons. The van der Waals surface area contributed by atoms with Crippen LogP contribution in [0.25, 0.3) is 0 Å². The number of nitrogens with zero attached hydrogens (tertiary/aromatic N) is 3. The maximum atomic E-state index is 13.5. The fourth-order valence-corrected chi connectivity index (χ4v) is 5.78. The van der Waals surface area contributed by atoms with Gasteiger partial charge in [0.2, 0.25) is 11.8 Å². The Morgan fingerprint density at radius 3 is 2.28 bits per heavy atom. The maximum absolute atomic E-state index is 13.5. The summed E-state index contributed by atoms with van der Waals surface area (Å²) in [6.07, 6.45) is 2.21. The monoisotopic (exact) mass is 549 g/mol. The molecule has 3 atom stereocenters. The first-order chi connectivity index (χ1) is 17.2. The molecule has 0 saturated carbocycles. The molecule has 0 aromatic heterocycles. The molecule has 0 spiro atoms. The molecule has 2 saturated heterocycles. The molecule has 2 aromatic rings. The van der Waals surface area contributed by atoms with E-state index in [0.29, 0.717) is 53.2 Å². The molecule has 2 aromatic carbocycles. The van der Waals surface area contributed by atoms with E-state index in [-0.39, 0.29) is 35.6 Å². The van der Waals surface area contributed by atoms with Crippen LogP contribution in [0, 0.1) is 5.92 Å². The van der Waals surface area contributed by atoms with E-state index in [0.717, 1.165) is 18.4 Å². The fourth-order valence-electron chi connectivity index (χ4n) is 5.34. The molecule has 2 fully saturated rings. The summed E-state index contributed by atoms with van der Waals surface area (Å²) in [7, 11) is 1.80. The van der Waals surface area contributed by atoms with Gasteiger partial charge in [0.25, 0.3) is 5.91 Å². The van der Waals surface area contributed by atoms with Gasteiger partial charge in [0.05, 0.1) is 16.0 Å². The maximum Gasteiger partial charge on any atom is 0.253 e. The standard InChI is InChI=1S/C27H30Cl3N3O3/c1-17(34)32-12-3-4-20(15-32)27(36)33-13-11-25(22(16-33)19-7-10-23(29)24(30)14-19)31(2)26(35)18-5-8-21(28)9-6-18/h5-10,14,20,22,25H,3-4,11-13,15-16H2,1-2H3/t20?,22-,25+/m0/s1. The Hall–Kier alpha value is -2.28. The number of hydrogen-bond donors (Lipinski definition) is 0. The van der Waals surface area contributed by atoms with Crippen LogP contribution in [0.1, 0.15) is 48.0 Å². The molecule has 2 aliphatic rings. The van der Waals surface area contributed by atoms with Crippen molar-refractivity contribution in [2.24, 2.45) is 5.92 Å². The number of carbonyl (C=O) groups is 3. The summed E-state index contributed by atoms with van der Waals surface area (Å²) in [6, 6.07) is 12.2.